The Labute approximate surface area is 130 Å². The monoisotopic (exact) mass is 359 g/mol. The summed E-state index contributed by atoms with van der Waals surface area (Å²) in [4.78, 5) is 0. The van der Waals surface area contributed by atoms with Crippen LogP contribution in [-0.2, 0) is 6.42 Å². The van der Waals surface area contributed by atoms with Crippen LogP contribution in [0.4, 0.5) is 0 Å². The maximum absolute atomic E-state index is 6.19. The average Bonchev–Trinajstić information content (AvgIpc) is 2.36. The van der Waals surface area contributed by atoms with Crippen LogP contribution in [0.15, 0.2) is 40.9 Å². The van der Waals surface area contributed by atoms with Gasteiger partial charge in [-0.3, -0.25) is 0 Å². The first kappa shape index (κ1) is 14.7. The normalized spacial score (nSPS) is 10.5. The van der Waals surface area contributed by atoms with Crippen molar-refractivity contribution >= 4 is 39.1 Å². The molecule has 0 bridgehead atoms. The van der Waals surface area contributed by atoms with Crippen molar-refractivity contribution in [3.63, 3.8) is 0 Å². The van der Waals surface area contributed by atoms with Crippen LogP contribution in [0.5, 0.6) is 11.5 Å². The van der Waals surface area contributed by atoms with Crippen LogP contribution in [0.3, 0.4) is 0 Å². The number of ether oxygens (including phenoxy) is 1. The first-order valence-electron chi connectivity index (χ1n) is 5.71. The van der Waals surface area contributed by atoms with Gasteiger partial charge >= 0.3 is 0 Å². The lowest BCUT2D eigenvalue weighted by Gasteiger charge is -2.10. The van der Waals surface area contributed by atoms with Crippen molar-refractivity contribution in [1.82, 2.24) is 0 Å². The fourth-order valence-electron chi connectivity index (χ4n) is 1.63. The molecule has 0 aliphatic carbocycles. The van der Waals surface area contributed by atoms with Crippen molar-refractivity contribution < 1.29 is 4.74 Å². The van der Waals surface area contributed by atoms with Crippen LogP contribution in [0.25, 0.3) is 0 Å². The molecule has 0 radical (unpaired) electrons. The maximum Gasteiger partial charge on any atom is 0.146 e. The Morgan fingerprint density at radius 2 is 1.79 bits per heavy atom. The molecule has 2 aromatic rings. The number of nitrogens with two attached hydrogens (primary N) is 1. The molecule has 0 heterocycles. The van der Waals surface area contributed by atoms with Crippen LogP contribution in [0.1, 0.15) is 5.56 Å². The van der Waals surface area contributed by atoms with E-state index in [0.29, 0.717) is 28.1 Å². The van der Waals surface area contributed by atoms with E-state index >= 15 is 0 Å². The van der Waals surface area contributed by atoms with Crippen molar-refractivity contribution in [3.05, 3.63) is 56.5 Å². The van der Waals surface area contributed by atoms with E-state index in [1.807, 2.05) is 18.2 Å². The van der Waals surface area contributed by atoms with E-state index in [0.717, 1.165) is 16.5 Å². The molecule has 2 N–H and O–H groups in total. The van der Waals surface area contributed by atoms with Gasteiger partial charge in [0.1, 0.15) is 11.5 Å². The fraction of sp³-hybridized carbons (Fsp3) is 0.143. The molecule has 2 nitrogen and oxygen atoms in total. The van der Waals surface area contributed by atoms with E-state index < -0.39 is 0 Å². The second-order valence-corrected chi connectivity index (χ2v) is 5.68. The van der Waals surface area contributed by atoms with Gasteiger partial charge in [-0.05, 0) is 64.8 Å². The summed E-state index contributed by atoms with van der Waals surface area (Å²) in [7, 11) is 0. The predicted molar refractivity (Wildman–Crippen MR) is 83.4 cm³/mol. The molecule has 0 unspecified atom stereocenters. The molecule has 0 saturated heterocycles. The van der Waals surface area contributed by atoms with Gasteiger partial charge < -0.3 is 10.5 Å². The summed E-state index contributed by atoms with van der Waals surface area (Å²) in [6.07, 6.45) is 0.796. The van der Waals surface area contributed by atoms with Gasteiger partial charge in [0.05, 0.1) is 9.50 Å². The molecule has 0 saturated carbocycles. The molecular weight excluding hydrogens is 349 g/mol. The Balaban J connectivity index is 2.23. The molecule has 2 rings (SSSR count). The van der Waals surface area contributed by atoms with Crippen LogP contribution >= 0.6 is 39.1 Å². The van der Waals surface area contributed by atoms with E-state index in [1.54, 1.807) is 18.2 Å². The summed E-state index contributed by atoms with van der Waals surface area (Å²) in [5.74, 6) is 1.27. The van der Waals surface area contributed by atoms with Gasteiger partial charge in [-0.15, -0.1) is 0 Å². The smallest absolute Gasteiger partial charge is 0.146 e. The second-order valence-electron chi connectivity index (χ2n) is 3.98. The minimum Gasteiger partial charge on any atom is -0.455 e. The van der Waals surface area contributed by atoms with Gasteiger partial charge in [-0.1, -0.05) is 29.3 Å². The zero-order chi connectivity index (χ0) is 13.8. The summed E-state index contributed by atoms with van der Waals surface area (Å²) >= 11 is 15.5. The van der Waals surface area contributed by atoms with E-state index in [1.165, 1.54) is 0 Å². The van der Waals surface area contributed by atoms with Crippen LogP contribution in [-0.4, -0.2) is 6.54 Å². The third-order valence-corrected chi connectivity index (χ3v) is 3.69. The second kappa shape index (κ2) is 6.62. The van der Waals surface area contributed by atoms with E-state index in [2.05, 4.69) is 15.9 Å². The molecule has 0 atom stereocenters. The molecule has 5 heteroatoms. The minimum atomic E-state index is 0.563. The largest absolute Gasteiger partial charge is 0.455 e. The highest BCUT2D eigenvalue weighted by atomic mass is 79.9. The average molecular weight is 361 g/mol. The van der Waals surface area contributed by atoms with Gasteiger partial charge in [0.15, 0.2) is 0 Å². The number of rotatable bonds is 4. The molecular formula is C14H12BrCl2NO. The Morgan fingerprint density at radius 3 is 2.42 bits per heavy atom. The molecule has 2 aromatic carbocycles. The lowest BCUT2D eigenvalue weighted by atomic mass is 10.1. The molecule has 100 valence electrons. The van der Waals surface area contributed by atoms with Gasteiger partial charge in [-0.2, -0.15) is 0 Å². The van der Waals surface area contributed by atoms with Gasteiger partial charge in [0, 0.05) is 5.02 Å². The Bertz CT molecular complexity index is 590. The molecule has 0 aliphatic rings. The Kier molecular flexibility index (Phi) is 5.11. The zero-order valence-electron chi connectivity index (χ0n) is 10.00. The lowest BCUT2D eigenvalue weighted by Crippen LogP contribution is -2.02. The summed E-state index contributed by atoms with van der Waals surface area (Å²) < 4.78 is 6.54. The fourth-order valence-corrected chi connectivity index (χ4v) is 2.63. The van der Waals surface area contributed by atoms with E-state index in [9.17, 15) is 0 Å². The lowest BCUT2D eigenvalue weighted by molar-refractivity contribution is 0.479. The highest BCUT2D eigenvalue weighted by Crippen LogP contribution is 2.35. The molecule has 0 spiro atoms. The van der Waals surface area contributed by atoms with Crippen molar-refractivity contribution in [2.45, 2.75) is 6.42 Å². The number of benzene rings is 2. The third-order valence-electron chi connectivity index (χ3n) is 2.54. The summed E-state index contributed by atoms with van der Waals surface area (Å²) in [5, 5.41) is 1.21. The molecule has 0 fully saturated rings. The van der Waals surface area contributed by atoms with Gasteiger partial charge in [0.25, 0.3) is 0 Å². The van der Waals surface area contributed by atoms with Crippen molar-refractivity contribution in [3.8, 4) is 11.5 Å². The van der Waals surface area contributed by atoms with Crippen molar-refractivity contribution in [2.24, 2.45) is 5.73 Å². The predicted octanol–water partition coefficient (Wildman–Crippen LogP) is 5.05. The standard InChI is InChI=1S/C14H12BrCl2NO/c15-11-8-10(16)2-4-13(11)19-14-3-1-9(5-6-18)7-12(14)17/h1-4,7-8H,5-6,18H2. The topological polar surface area (TPSA) is 35.2 Å². The molecule has 0 amide bonds. The maximum atomic E-state index is 6.19. The summed E-state index contributed by atoms with van der Waals surface area (Å²) in [6, 6.07) is 11.0. The first-order chi connectivity index (χ1) is 9.10. The quantitative estimate of drug-likeness (QED) is 0.827. The Morgan fingerprint density at radius 1 is 1.05 bits per heavy atom. The molecule has 19 heavy (non-hydrogen) atoms. The van der Waals surface area contributed by atoms with Crippen molar-refractivity contribution in [2.75, 3.05) is 6.54 Å². The number of halogens is 3. The van der Waals surface area contributed by atoms with Crippen LogP contribution in [0.2, 0.25) is 10.0 Å². The van der Waals surface area contributed by atoms with Crippen LogP contribution < -0.4 is 10.5 Å². The summed E-state index contributed by atoms with van der Waals surface area (Å²) in [5.41, 5.74) is 6.61. The summed E-state index contributed by atoms with van der Waals surface area (Å²) in [6.45, 7) is 0.596. The van der Waals surface area contributed by atoms with Gasteiger partial charge in [0.2, 0.25) is 0 Å². The first-order valence-corrected chi connectivity index (χ1v) is 7.26. The highest BCUT2D eigenvalue weighted by molar-refractivity contribution is 9.10. The van der Waals surface area contributed by atoms with Crippen molar-refractivity contribution in [1.29, 1.82) is 0 Å². The van der Waals surface area contributed by atoms with Crippen LogP contribution in [0, 0.1) is 0 Å². The minimum absolute atomic E-state index is 0.563. The SMILES string of the molecule is NCCc1ccc(Oc2ccc(Cl)cc2Br)c(Cl)c1. The third kappa shape index (κ3) is 3.86. The number of hydrogen-bond acceptors (Lipinski definition) is 2. The van der Waals surface area contributed by atoms with E-state index in [4.69, 9.17) is 33.7 Å². The molecule has 0 aliphatic heterocycles. The molecule has 0 aromatic heterocycles. The van der Waals surface area contributed by atoms with Gasteiger partial charge in [-0.25, -0.2) is 0 Å². The Hall–Kier alpha value is -0.740. The zero-order valence-corrected chi connectivity index (χ0v) is 13.1. The van der Waals surface area contributed by atoms with E-state index in [-0.39, 0.29) is 0 Å². The number of hydrogen-bond donors (Lipinski definition) is 1. The highest BCUT2D eigenvalue weighted by Gasteiger charge is 2.07.